The molecule has 0 bridgehead atoms. The number of halogens is 1. The number of carbonyl (C=O) groups is 1. The first-order valence-corrected chi connectivity index (χ1v) is 4.26. The van der Waals surface area contributed by atoms with Crippen LogP contribution in [0.5, 0.6) is 0 Å². The van der Waals surface area contributed by atoms with E-state index in [1.165, 1.54) is 6.21 Å². The second-order valence-corrected chi connectivity index (χ2v) is 3.40. The first kappa shape index (κ1) is 7.61. The summed E-state index contributed by atoms with van der Waals surface area (Å²) in [5.41, 5.74) is 0.714. The summed E-state index contributed by atoms with van der Waals surface area (Å²) in [7, 11) is 0. The minimum atomic E-state index is -0.280. The molecule has 0 aromatic carbocycles. The average Bonchev–Trinajstić information content (AvgIpc) is 2.05. The van der Waals surface area contributed by atoms with Gasteiger partial charge in [-0.25, -0.2) is 4.99 Å². The Balaban J connectivity index is 2.38. The summed E-state index contributed by atoms with van der Waals surface area (Å²) in [6.07, 6.45) is 6.80. The van der Waals surface area contributed by atoms with E-state index < -0.39 is 0 Å². The SMILES string of the molecule is O=C1C=NC2C=C(Br)C=CC2=N1. The van der Waals surface area contributed by atoms with Gasteiger partial charge in [0.05, 0.1) is 11.9 Å². The standard InChI is InChI=1S/C8H5BrN2O/c9-5-1-2-6-7(3-5)10-4-8(12)11-6/h1-4,7H. The van der Waals surface area contributed by atoms with Crippen LogP contribution in [0, 0.1) is 0 Å². The molecule has 0 saturated heterocycles. The van der Waals surface area contributed by atoms with Gasteiger partial charge < -0.3 is 0 Å². The lowest BCUT2D eigenvalue weighted by Crippen LogP contribution is -2.23. The van der Waals surface area contributed by atoms with Gasteiger partial charge in [-0.15, -0.1) is 0 Å². The van der Waals surface area contributed by atoms with Crippen molar-refractivity contribution in [2.75, 3.05) is 0 Å². The average molecular weight is 225 g/mol. The van der Waals surface area contributed by atoms with Crippen molar-refractivity contribution in [2.45, 2.75) is 6.04 Å². The normalized spacial score (nSPS) is 26.4. The highest BCUT2D eigenvalue weighted by Crippen LogP contribution is 2.17. The third-order valence-electron chi connectivity index (χ3n) is 1.62. The highest BCUT2D eigenvalue weighted by atomic mass is 79.9. The molecule has 1 aliphatic heterocycles. The summed E-state index contributed by atoms with van der Waals surface area (Å²) in [6.45, 7) is 0. The minimum Gasteiger partial charge on any atom is -0.273 e. The lowest BCUT2D eigenvalue weighted by molar-refractivity contribution is -0.111. The number of fused-ring (bicyclic) bond motifs is 1. The van der Waals surface area contributed by atoms with Gasteiger partial charge >= 0.3 is 0 Å². The number of aliphatic imine (C=N–C) groups is 2. The van der Waals surface area contributed by atoms with Crippen LogP contribution < -0.4 is 0 Å². The van der Waals surface area contributed by atoms with Crippen molar-refractivity contribution < 1.29 is 4.79 Å². The van der Waals surface area contributed by atoms with Gasteiger partial charge in [-0.1, -0.05) is 15.9 Å². The largest absolute Gasteiger partial charge is 0.288 e. The Morgan fingerprint density at radius 1 is 1.42 bits per heavy atom. The van der Waals surface area contributed by atoms with Gasteiger partial charge in [0.1, 0.15) is 6.04 Å². The second-order valence-electron chi connectivity index (χ2n) is 2.48. The van der Waals surface area contributed by atoms with Gasteiger partial charge in [-0.3, -0.25) is 9.79 Å². The molecule has 2 aliphatic rings. The highest BCUT2D eigenvalue weighted by Gasteiger charge is 2.18. The van der Waals surface area contributed by atoms with Gasteiger partial charge in [0.15, 0.2) is 0 Å². The summed E-state index contributed by atoms with van der Waals surface area (Å²) >= 11 is 3.33. The molecule has 1 aliphatic carbocycles. The summed E-state index contributed by atoms with van der Waals surface area (Å²) < 4.78 is 0.970. The quantitative estimate of drug-likeness (QED) is 0.611. The Bertz CT molecular complexity index is 352. The van der Waals surface area contributed by atoms with Crippen molar-refractivity contribution in [2.24, 2.45) is 9.98 Å². The Hall–Kier alpha value is -1.03. The minimum absolute atomic E-state index is 0.0814. The maximum Gasteiger partial charge on any atom is 0.288 e. The van der Waals surface area contributed by atoms with Gasteiger partial charge in [0.2, 0.25) is 0 Å². The maximum absolute atomic E-state index is 10.8. The van der Waals surface area contributed by atoms with Crippen molar-refractivity contribution in [1.29, 1.82) is 0 Å². The summed E-state index contributed by atoms with van der Waals surface area (Å²) in [5, 5.41) is 0. The van der Waals surface area contributed by atoms with Crippen LogP contribution in [0.25, 0.3) is 0 Å². The number of hydrogen-bond acceptors (Lipinski definition) is 2. The fourth-order valence-corrected chi connectivity index (χ4v) is 1.46. The van der Waals surface area contributed by atoms with Crippen LogP contribution in [-0.2, 0) is 4.79 Å². The van der Waals surface area contributed by atoms with E-state index in [1.807, 2.05) is 12.2 Å². The van der Waals surface area contributed by atoms with Crippen LogP contribution in [0.15, 0.2) is 32.7 Å². The van der Waals surface area contributed by atoms with Crippen molar-refractivity contribution >= 4 is 33.8 Å². The molecule has 0 aromatic heterocycles. The van der Waals surface area contributed by atoms with E-state index in [2.05, 4.69) is 25.9 Å². The molecule has 1 unspecified atom stereocenters. The van der Waals surface area contributed by atoms with Crippen LogP contribution >= 0.6 is 15.9 Å². The molecule has 12 heavy (non-hydrogen) atoms. The fourth-order valence-electron chi connectivity index (χ4n) is 1.08. The van der Waals surface area contributed by atoms with Crippen LogP contribution in [0.4, 0.5) is 0 Å². The molecule has 2 rings (SSSR count). The summed E-state index contributed by atoms with van der Waals surface area (Å²) in [4.78, 5) is 18.6. The summed E-state index contributed by atoms with van der Waals surface area (Å²) in [5.74, 6) is -0.280. The third kappa shape index (κ3) is 1.30. The van der Waals surface area contributed by atoms with E-state index in [0.29, 0.717) is 5.71 Å². The van der Waals surface area contributed by atoms with Crippen molar-refractivity contribution in [3.8, 4) is 0 Å². The molecule has 1 atom stereocenters. The van der Waals surface area contributed by atoms with Crippen LogP contribution in [0.1, 0.15) is 0 Å². The highest BCUT2D eigenvalue weighted by molar-refractivity contribution is 9.11. The number of carbonyl (C=O) groups excluding carboxylic acids is 1. The molecule has 0 fully saturated rings. The topological polar surface area (TPSA) is 41.8 Å². The molecule has 1 amide bonds. The van der Waals surface area contributed by atoms with Gasteiger partial charge in [0.25, 0.3) is 5.91 Å². The van der Waals surface area contributed by atoms with E-state index in [-0.39, 0.29) is 11.9 Å². The van der Waals surface area contributed by atoms with Gasteiger partial charge in [0, 0.05) is 4.48 Å². The fraction of sp³-hybridized carbons (Fsp3) is 0.125. The summed E-state index contributed by atoms with van der Waals surface area (Å²) in [6, 6.07) is -0.0814. The molecule has 0 N–H and O–H groups in total. The molecule has 0 aromatic rings. The smallest absolute Gasteiger partial charge is 0.273 e. The van der Waals surface area contributed by atoms with Gasteiger partial charge in [-0.2, -0.15) is 0 Å². The zero-order valence-electron chi connectivity index (χ0n) is 6.07. The van der Waals surface area contributed by atoms with E-state index in [1.54, 1.807) is 6.08 Å². The maximum atomic E-state index is 10.8. The Morgan fingerprint density at radius 3 is 3.08 bits per heavy atom. The third-order valence-corrected chi connectivity index (χ3v) is 2.15. The molecule has 3 nitrogen and oxygen atoms in total. The molecular weight excluding hydrogens is 220 g/mol. The number of amides is 1. The van der Waals surface area contributed by atoms with Crippen molar-refractivity contribution in [1.82, 2.24) is 0 Å². The molecule has 0 radical (unpaired) electrons. The van der Waals surface area contributed by atoms with E-state index >= 15 is 0 Å². The van der Waals surface area contributed by atoms with Crippen LogP contribution in [0.3, 0.4) is 0 Å². The number of hydrogen-bond donors (Lipinski definition) is 0. The first-order chi connectivity index (χ1) is 5.75. The lowest BCUT2D eigenvalue weighted by atomic mass is 10.1. The molecule has 4 heteroatoms. The number of nitrogens with zero attached hydrogens (tertiary/aromatic N) is 2. The Labute approximate surface area is 77.7 Å². The van der Waals surface area contributed by atoms with Crippen LogP contribution in [0.2, 0.25) is 0 Å². The van der Waals surface area contributed by atoms with E-state index in [4.69, 9.17) is 0 Å². The molecule has 0 saturated carbocycles. The zero-order valence-corrected chi connectivity index (χ0v) is 7.65. The van der Waals surface area contributed by atoms with Crippen LogP contribution in [-0.4, -0.2) is 23.9 Å². The number of rotatable bonds is 0. The molecule has 0 spiro atoms. The second kappa shape index (κ2) is 2.79. The molecule has 1 heterocycles. The first-order valence-electron chi connectivity index (χ1n) is 3.47. The van der Waals surface area contributed by atoms with Gasteiger partial charge in [-0.05, 0) is 18.2 Å². The lowest BCUT2D eigenvalue weighted by Gasteiger charge is -2.14. The number of allylic oxidation sites excluding steroid dienone is 2. The molecule has 60 valence electrons. The Morgan fingerprint density at radius 2 is 2.25 bits per heavy atom. The van der Waals surface area contributed by atoms with Crippen molar-refractivity contribution in [3.63, 3.8) is 0 Å². The predicted octanol–water partition coefficient (Wildman–Crippen LogP) is 1.26. The predicted molar refractivity (Wildman–Crippen MR) is 50.9 cm³/mol. The van der Waals surface area contributed by atoms with E-state index in [0.717, 1.165) is 4.48 Å². The van der Waals surface area contributed by atoms with E-state index in [9.17, 15) is 4.79 Å². The molecular formula is C8H5BrN2O. The van der Waals surface area contributed by atoms with Crippen molar-refractivity contribution in [3.05, 3.63) is 22.7 Å². The monoisotopic (exact) mass is 224 g/mol. The zero-order chi connectivity index (χ0) is 8.55. The Kier molecular flexibility index (Phi) is 1.77.